The molecule has 0 saturated heterocycles. The third kappa shape index (κ3) is 5.14. The van der Waals surface area contributed by atoms with Crippen LogP contribution in [0.3, 0.4) is 0 Å². The zero-order valence-corrected chi connectivity index (χ0v) is 14.7. The van der Waals surface area contributed by atoms with Crippen LogP contribution < -0.4 is 10.2 Å². The molecular formula is C18H19ClF2N2O2. The normalized spacial score (nSPS) is 11.2. The molecule has 2 rings (SSSR count). The Bertz CT molecular complexity index is 754. The van der Waals surface area contributed by atoms with E-state index in [1.165, 1.54) is 6.07 Å². The molecule has 0 aliphatic heterocycles. The van der Waals surface area contributed by atoms with Gasteiger partial charge in [0.15, 0.2) is 6.61 Å². The number of alkyl halides is 2. The van der Waals surface area contributed by atoms with Crippen molar-refractivity contribution in [2.45, 2.75) is 19.8 Å². The molecule has 0 unspecified atom stereocenters. The first kappa shape index (κ1) is 19.1. The molecule has 134 valence electrons. The maximum Gasteiger partial charge on any atom is 0.340 e. The Morgan fingerprint density at radius 2 is 1.80 bits per heavy atom. The lowest BCUT2D eigenvalue weighted by Gasteiger charge is -2.17. The number of esters is 1. The number of carbonyl (C=O) groups is 1. The topological polar surface area (TPSA) is 50.4 Å². The molecule has 0 spiro atoms. The Balaban J connectivity index is 2.17. The van der Waals surface area contributed by atoms with E-state index >= 15 is 0 Å². The summed E-state index contributed by atoms with van der Waals surface area (Å²) in [6.07, 6.45) is 0. The van der Waals surface area contributed by atoms with E-state index in [2.05, 4.69) is 5.32 Å². The van der Waals surface area contributed by atoms with Gasteiger partial charge in [0.2, 0.25) is 0 Å². The summed E-state index contributed by atoms with van der Waals surface area (Å²) in [6.45, 7) is 2.10. The summed E-state index contributed by atoms with van der Waals surface area (Å²) in [5.74, 6) is -4.07. The predicted molar refractivity (Wildman–Crippen MR) is 94.7 cm³/mol. The number of hydrogen-bond donors (Lipinski definition) is 2. The third-order valence-corrected chi connectivity index (χ3v) is 3.89. The molecule has 7 heteroatoms. The number of benzene rings is 2. The highest BCUT2D eigenvalue weighted by molar-refractivity contribution is 6.13. The van der Waals surface area contributed by atoms with Gasteiger partial charge in [-0.25, -0.2) is 18.4 Å². The Kier molecular flexibility index (Phi) is 6.33. The molecule has 2 aromatic carbocycles. The molecule has 0 aromatic heterocycles. The van der Waals surface area contributed by atoms with Gasteiger partial charge in [-0.1, -0.05) is 24.3 Å². The van der Waals surface area contributed by atoms with Crippen LogP contribution in [-0.2, 0) is 4.74 Å². The molecule has 0 aliphatic rings. The molecule has 25 heavy (non-hydrogen) atoms. The molecule has 0 heterocycles. The number of halogens is 3. The third-order valence-electron chi connectivity index (χ3n) is 3.76. The van der Waals surface area contributed by atoms with E-state index < -0.39 is 25.0 Å². The van der Waals surface area contributed by atoms with Crippen LogP contribution in [0, 0.1) is 13.8 Å². The number of para-hydroxylation sites is 1. The summed E-state index contributed by atoms with van der Waals surface area (Å²) in [7, 11) is 0. The van der Waals surface area contributed by atoms with E-state index in [1.54, 1.807) is 18.2 Å². The van der Waals surface area contributed by atoms with Crippen LogP contribution in [0.1, 0.15) is 21.5 Å². The minimum atomic E-state index is -3.24. The summed E-state index contributed by atoms with van der Waals surface area (Å²) < 4.78 is 31.6. The fourth-order valence-electron chi connectivity index (χ4n) is 2.20. The first-order chi connectivity index (χ1) is 11.8. The minimum Gasteiger partial charge on any atom is -0.456 e. The van der Waals surface area contributed by atoms with Crippen molar-refractivity contribution >= 4 is 29.1 Å². The standard InChI is InChI=1S/C18H19ClF2N2O2/c1-12-6-5-9-15(13(12)2)23-16-8-4-3-7-14(16)17(24)25-11-18(20,21)10-22-19/h3-9,22-23H,10-11H2,1-2H3. The van der Waals surface area contributed by atoms with Gasteiger partial charge in [0.1, 0.15) is 0 Å². The molecule has 0 amide bonds. The maximum absolute atomic E-state index is 13.4. The number of rotatable bonds is 7. The van der Waals surface area contributed by atoms with Gasteiger partial charge >= 0.3 is 5.97 Å². The molecule has 0 radical (unpaired) electrons. The lowest BCUT2D eigenvalue weighted by molar-refractivity contribution is -0.0557. The van der Waals surface area contributed by atoms with Crippen molar-refractivity contribution in [2.24, 2.45) is 0 Å². The summed E-state index contributed by atoms with van der Waals surface area (Å²) >= 11 is 5.08. The highest BCUT2D eigenvalue weighted by Crippen LogP contribution is 2.26. The largest absolute Gasteiger partial charge is 0.456 e. The van der Waals surface area contributed by atoms with Crippen LogP contribution in [0.5, 0.6) is 0 Å². The Morgan fingerprint density at radius 1 is 1.12 bits per heavy atom. The van der Waals surface area contributed by atoms with E-state index in [9.17, 15) is 13.6 Å². The lowest BCUT2D eigenvalue weighted by atomic mass is 10.1. The summed E-state index contributed by atoms with van der Waals surface area (Å²) in [5.41, 5.74) is 3.62. The molecule has 2 aromatic rings. The van der Waals surface area contributed by atoms with Crippen LogP contribution in [-0.4, -0.2) is 25.0 Å². The maximum atomic E-state index is 13.4. The molecule has 4 nitrogen and oxygen atoms in total. The first-order valence-electron chi connectivity index (χ1n) is 7.65. The van der Waals surface area contributed by atoms with Gasteiger partial charge in [-0.05, 0) is 55.0 Å². The van der Waals surface area contributed by atoms with Crippen LogP contribution in [0.2, 0.25) is 0 Å². The van der Waals surface area contributed by atoms with Crippen molar-refractivity contribution < 1.29 is 18.3 Å². The second-order valence-corrected chi connectivity index (χ2v) is 5.93. The van der Waals surface area contributed by atoms with Gasteiger partial charge in [-0.15, -0.1) is 0 Å². The second kappa shape index (κ2) is 8.27. The van der Waals surface area contributed by atoms with E-state index in [-0.39, 0.29) is 5.56 Å². The SMILES string of the molecule is Cc1cccc(Nc2ccccc2C(=O)OCC(F)(F)CNCl)c1C. The average Bonchev–Trinajstić information content (AvgIpc) is 2.57. The molecule has 0 saturated carbocycles. The van der Waals surface area contributed by atoms with Gasteiger partial charge < -0.3 is 10.1 Å². The van der Waals surface area contributed by atoms with E-state index in [4.69, 9.17) is 16.5 Å². The van der Waals surface area contributed by atoms with Crippen molar-refractivity contribution in [3.05, 3.63) is 59.2 Å². The summed E-state index contributed by atoms with van der Waals surface area (Å²) in [4.78, 5) is 14.1. The molecule has 0 bridgehead atoms. The van der Waals surface area contributed by atoms with Crippen molar-refractivity contribution in [1.82, 2.24) is 4.84 Å². The second-order valence-electron chi connectivity index (χ2n) is 5.66. The average molecular weight is 369 g/mol. The number of hydrogen-bond acceptors (Lipinski definition) is 4. The Labute approximate surface area is 150 Å². The van der Waals surface area contributed by atoms with Crippen molar-refractivity contribution in [3.8, 4) is 0 Å². The quantitative estimate of drug-likeness (QED) is 0.554. The van der Waals surface area contributed by atoms with Gasteiger partial charge in [-0.2, -0.15) is 0 Å². The summed E-state index contributed by atoms with van der Waals surface area (Å²) in [5, 5.41) is 3.16. The van der Waals surface area contributed by atoms with Crippen LogP contribution in [0.4, 0.5) is 20.2 Å². The molecule has 2 N–H and O–H groups in total. The number of nitrogens with one attached hydrogen (secondary N) is 2. The number of carbonyl (C=O) groups excluding carboxylic acids is 1. The van der Waals surface area contributed by atoms with E-state index in [0.29, 0.717) is 5.69 Å². The van der Waals surface area contributed by atoms with Crippen molar-refractivity contribution in [1.29, 1.82) is 0 Å². The van der Waals surface area contributed by atoms with Gasteiger partial charge in [-0.3, -0.25) is 0 Å². The molecule has 0 fully saturated rings. The Morgan fingerprint density at radius 3 is 2.52 bits per heavy atom. The molecule has 0 aliphatic carbocycles. The zero-order valence-electron chi connectivity index (χ0n) is 13.9. The van der Waals surface area contributed by atoms with Gasteiger partial charge in [0.25, 0.3) is 5.92 Å². The van der Waals surface area contributed by atoms with Crippen LogP contribution >= 0.6 is 11.8 Å². The number of anilines is 2. The van der Waals surface area contributed by atoms with Crippen LogP contribution in [0.25, 0.3) is 0 Å². The highest BCUT2D eigenvalue weighted by Gasteiger charge is 2.31. The number of ether oxygens (including phenoxy) is 1. The van der Waals surface area contributed by atoms with Gasteiger partial charge in [0, 0.05) is 5.69 Å². The van der Waals surface area contributed by atoms with E-state index in [1.807, 2.05) is 36.9 Å². The number of aryl methyl sites for hydroxylation is 1. The van der Waals surface area contributed by atoms with Crippen LogP contribution in [0.15, 0.2) is 42.5 Å². The fraction of sp³-hybridized carbons (Fsp3) is 0.278. The minimum absolute atomic E-state index is 0.179. The fourth-order valence-corrected chi connectivity index (χ4v) is 2.39. The monoisotopic (exact) mass is 368 g/mol. The van der Waals surface area contributed by atoms with Gasteiger partial charge in [0.05, 0.1) is 17.8 Å². The lowest BCUT2D eigenvalue weighted by Crippen LogP contribution is -2.34. The summed E-state index contributed by atoms with van der Waals surface area (Å²) in [6, 6.07) is 12.4. The highest BCUT2D eigenvalue weighted by atomic mass is 35.5. The molecule has 0 atom stereocenters. The zero-order chi connectivity index (χ0) is 18.4. The molecular weight excluding hydrogens is 350 g/mol. The first-order valence-corrected chi connectivity index (χ1v) is 8.02. The van der Waals surface area contributed by atoms with E-state index in [0.717, 1.165) is 16.8 Å². The smallest absolute Gasteiger partial charge is 0.340 e. The Hall–Kier alpha value is -2.18. The van der Waals surface area contributed by atoms with Crippen molar-refractivity contribution in [2.75, 3.05) is 18.5 Å². The van der Waals surface area contributed by atoms with Crippen molar-refractivity contribution in [3.63, 3.8) is 0 Å². The predicted octanol–water partition coefficient (Wildman–Crippen LogP) is 4.58.